The average molecular weight is 332 g/mol. The maximum absolute atomic E-state index is 13.3. The van der Waals surface area contributed by atoms with Gasteiger partial charge in [-0.2, -0.15) is 0 Å². The Morgan fingerprint density at radius 1 is 1.08 bits per heavy atom. The maximum atomic E-state index is 13.3. The Bertz CT molecular complexity index is 863. The standard InChI is InChI=1S/C21H20N2O2/c1-16-7-5-9-18(13-16)23(15-17-8-6-12-22-14-17)21(24)19-10-3-4-11-20(19)25-2/h3-14H,15H2,1-2H3. The summed E-state index contributed by atoms with van der Waals surface area (Å²) in [5.74, 6) is 0.461. The molecule has 0 saturated heterocycles. The van der Waals surface area contributed by atoms with Gasteiger partial charge in [-0.15, -0.1) is 0 Å². The zero-order valence-corrected chi connectivity index (χ0v) is 14.3. The number of aryl methyl sites for hydroxylation is 1. The minimum Gasteiger partial charge on any atom is -0.496 e. The summed E-state index contributed by atoms with van der Waals surface area (Å²) in [7, 11) is 1.57. The van der Waals surface area contributed by atoms with Gasteiger partial charge in [0.2, 0.25) is 0 Å². The highest BCUT2D eigenvalue weighted by atomic mass is 16.5. The molecule has 0 aliphatic carbocycles. The third kappa shape index (κ3) is 3.86. The van der Waals surface area contributed by atoms with Crippen LogP contribution in [0.1, 0.15) is 21.5 Å². The van der Waals surface area contributed by atoms with Crippen molar-refractivity contribution in [1.29, 1.82) is 0 Å². The van der Waals surface area contributed by atoms with Gasteiger partial charge in [0.1, 0.15) is 5.75 Å². The van der Waals surface area contributed by atoms with E-state index in [1.54, 1.807) is 36.5 Å². The van der Waals surface area contributed by atoms with E-state index in [0.29, 0.717) is 17.9 Å². The van der Waals surface area contributed by atoms with Crippen molar-refractivity contribution in [1.82, 2.24) is 4.98 Å². The number of aromatic nitrogens is 1. The summed E-state index contributed by atoms with van der Waals surface area (Å²) in [4.78, 5) is 19.2. The number of pyridine rings is 1. The first-order valence-electron chi connectivity index (χ1n) is 8.09. The number of rotatable bonds is 5. The molecule has 126 valence electrons. The molecule has 1 aromatic heterocycles. The lowest BCUT2D eigenvalue weighted by Crippen LogP contribution is -2.30. The van der Waals surface area contributed by atoms with Crippen molar-refractivity contribution in [2.24, 2.45) is 0 Å². The van der Waals surface area contributed by atoms with E-state index in [-0.39, 0.29) is 5.91 Å². The normalized spacial score (nSPS) is 10.3. The molecule has 1 heterocycles. The van der Waals surface area contributed by atoms with E-state index < -0.39 is 0 Å². The van der Waals surface area contributed by atoms with E-state index in [0.717, 1.165) is 16.8 Å². The highest BCUT2D eigenvalue weighted by Crippen LogP contribution is 2.25. The molecule has 0 aliphatic rings. The van der Waals surface area contributed by atoms with Crippen molar-refractivity contribution in [2.45, 2.75) is 13.5 Å². The van der Waals surface area contributed by atoms with E-state index >= 15 is 0 Å². The van der Waals surface area contributed by atoms with Crippen molar-refractivity contribution in [2.75, 3.05) is 12.0 Å². The number of hydrogen-bond donors (Lipinski definition) is 0. The van der Waals surface area contributed by atoms with Crippen molar-refractivity contribution >= 4 is 11.6 Å². The quantitative estimate of drug-likeness (QED) is 0.701. The van der Waals surface area contributed by atoms with E-state index in [4.69, 9.17) is 4.74 Å². The number of carbonyl (C=O) groups is 1. The Balaban J connectivity index is 2.02. The summed E-state index contributed by atoms with van der Waals surface area (Å²) in [6.45, 7) is 2.45. The first-order chi connectivity index (χ1) is 12.2. The summed E-state index contributed by atoms with van der Waals surface area (Å²) < 4.78 is 5.37. The first-order valence-corrected chi connectivity index (χ1v) is 8.09. The van der Waals surface area contributed by atoms with Crippen LogP contribution in [0.2, 0.25) is 0 Å². The molecular weight excluding hydrogens is 312 g/mol. The van der Waals surface area contributed by atoms with Gasteiger partial charge in [0.25, 0.3) is 5.91 Å². The van der Waals surface area contributed by atoms with E-state index in [1.165, 1.54) is 0 Å². The number of hydrogen-bond acceptors (Lipinski definition) is 3. The Morgan fingerprint density at radius 2 is 1.92 bits per heavy atom. The highest BCUT2D eigenvalue weighted by Gasteiger charge is 2.21. The molecule has 0 bridgehead atoms. The molecule has 25 heavy (non-hydrogen) atoms. The number of carbonyl (C=O) groups excluding carboxylic acids is 1. The summed E-state index contributed by atoms with van der Waals surface area (Å²) >= 11 is 0. The monoisotopic (exact) mass is 332 g/mol. The van der Waals surface area contributed by atoms with Gasteiger partial charge >= 0.3 is 0 Å². The Kier molecular flexibility index (Phi) is 5.09. The second-order valence-electron chi connectivity index (χ2n) is 5.79. The lowest BCUT2D eigenvalue weighted by molar-refractivity contribution is 0.0982. The van der Waals surface area contributed by atoms with Crippen molar-refractivity contribution < 1.29 is 9.53 Å². The summed E-state index contributed by atoms with van der Waals surface area (Å²) in [5, 5.41) is 0. The van der Waals surface area contributed by atoms with E-state index in [9.17, 15) is 4.79 Å². The third-order valence-corrected chi connectivity index (χ3v) is 3.96. The number of methoxy groups -OCH3 is 1. The van der Waals surface area contributed by atoms with Gasteiger partial charge in [-0.05, 0) is 48.4 Å². The molecule has 0 spiro atoms. The molecule has 0 fully saturated rings. The number of nitrogens with zero attached hydrogens (tertiary/aromatic N) is 2. The van der Waals surface area contributed by atoms with Crippen molar-refractivity contribution in [3.05, 3.63) is 89.7 Å². The number of para-hydroxylation sites is 1. The molecule has 0 N–H and O–H groups in total. The van der Waals surface area contributed by atoms with Crippen LogP contribution in [-0.2, 0) is 6.54 Å². The predicted octanol–water partition coefficient (Wildman–Crippen LogP) is 4.25. The van der Waals surface area contributed by atoms with Crippen molar-refractivity contribution in [3.8, 4) is 5.75 Å². The molecule has 0 atom stereocenters. The summed E-state index contributed by atoms with van der Waals surface area (Å²) in [6.07, 6.45) is 3.50. The van der Waals surface area contributed by atoms with Crippen LogP contribution >= 0.6 is 0 Å². The third-order valence-electron chi connectivity index (χ3n) is 3.96. The van der Waals surface area contributed by atoms with E-state index in [1.807, 2.05) is 55.5 Å². The molecule has 0 unspecified atom stereocenters. The van der Waals surface area contributed by atoms with Crippen molar-refractivity contribution in [3.63, 3.8) is 0 Å². The fourth-order valence-corrected chi connectivity index (χ4v) is 2.72. The van der Waals surface area contributed by atoms with Gasteiger partial charge in [0.15, 0.2) is 0 Å². The van der Waals surface area contributed by atoms with Crippen LogP contribution in [0.3, 0.4) is 0 Å². The van der Waals surface area contributed by atoms with E-state index in [2.05, 4.69) is 4.98 Å². The van der Waals surface area contributed by atoms with Gasteiger partial charge < -0.3 is 9.64 Å². The Hall–Kier alpha value is -3.14. The van der Waals surface area contributed by atoms with Crippen LogP contribution < -0.4 is 9.64 Å². The molecule has 1 amide bonds. The van der Waals surface area contributed by atoms with Gasteiger partial charge in [-0.3, -0.25) is 9.78 Å². The number of amides is 1. The lowest BCUT2D eigenvalue weighted by Gasteiger charge is -2.24. The van der Waals surface area contributed by atoms with Crippen LogP contribution in [0.5, 0.6) is 5.75 Å². The average Bonchev–Trinajstić information content (AvgIpc) is 2.66. The topological polar surface area (TPSA) is 42.4 Å². The molecule has 4 nitrogen and oxygen atoms in total. The van der Waals surface area contributed by atoms with Crippen LogP contribution in [0.25, 0.3) is 0 Å². The molecule has 0 saturated carbocycles. The van der Waals surface area contributed by atoms with Crippen LogP contribution in [0, 0.1) is 6.92 Å². The molecule has 0 aliphatic heterocycles. The first kappa shape index (κ1) is 16.7. The van der Waals surface area contributed by atoms with Crippen LogP contribution in [0.4, 0.5) is 5.69 Å². The van der Waals surface area contributed by atoms with Gasteiger partial charge in [0, 0.05) is 18.1 Å². The molecular formula is C21H20N2O2. The zero-order chi connectivity index (χ0) is 17.6. The number of ether oxygens (including phenoxy) is 1. The maximum Gasteiger partial charge on any atom is 0.262 e. The molecule has 4 heteroatoms. The second-order valence-corrected chi connectivity index (χ2v) is 5.79. The largest absolute Gasteiger partial charge is 0.496 e. The second kappa shape index (κ2) is 7.62. The Morgan fingerprint density at radius 3 is 2.64 bits per heavy atom. The van der Waals surface area contributed by atoms with Gasteiger partial charge in [-0.25, -0.2) is 0 Å². The van der Waals surface area contributed by atoms with Crippen LogP contribution in [0.15, 0.2) is 73.1 Å². The highest BCUT2D eigenvalue weighted by molar-refractivity contribution is 6.07. The molecule has 2 aromatic carbocycles. The lowest BCUT2D eigenvalue weighted by atomic mass is 10.1. The minimum absolute atomic E-state index is 0.105. The smallest absolute Gasteiger partial charge is 0.262 e. The predicted molar refractivity (Wildman–Crippen MR) is 98.9 cm³/mol. The molecule has 3 aromatic rings. The SMILES string of the molecule is COc1ccccc1C(=O)N(Cc1cccnc1)c1cccc(C)c1. The van der Waals surface area contributed by atoms with Gasteiger partial charge in [0.05, 0.1) is 19.2 Å². The number of benzene rings is 2. The fourth-order valence-electron chi connectivity index (χ4n) is 2.72. The summed E-state index contributed by atoms with van der Waals surface area (Å²) in [5.41, 5.74) is 3.45. The summed E-state index contributed by atoms with van der Waals surface area (Å²) in [6, 6.07) is 19.0. The molecule has 3 rings (SSSR count). The van der Waals surface area contributed by atoms with Crippen LogP contribution in [-0.4, -0.2) is 18.0 Å². The zero-order valence-electron chi connectivity index (χ0n) is 14.3. The fraction of sp³-hybridized carbons (Fsp3) is 0.143. The molecule has 0 radical (unpaired) electrons. The Labute approximate surface area is 147 Å². The van der Waals surface area contributed by atoms with Gasteiger partial charge in [-0.1, -0.05) is 30.3 Å². The number of anilines is 1. The minimum atomic E-state index is -0.105.